The van der Waals surface area contributed by atoms with E-state index in [1.54, 1.807) is 60.8 Å². The van der Waals surface area contributed by atoms with Crippen LogP contribution >= 0.6 is 0 Å². The molecule has 1 aromatic heterocycles. The zero-order valence-electron chi connectivity index (χ0n) is 15.8. The maximum absolute atomic E-state index is 12.3. The molecule has 152 valence electrons. The highest BCUT2D eigenvalue weighted by molar-refractivity contribution is 7.92. The molecule has 8 heteroatoms. The van der Waals surface area contributed by atoms with E-state index in [-0.39, 0.29) is 4.90 Å². The average molecular weight is 413 g/mol. The summed E-state index contributed by atoms with van der Waals surface area (Å²) >= 11 is 0. The van der Waals surface area contributed by atoms with Crippen LogP contribution in [-0.2, 0) is 16.4 Å². The molecule has 0 aliphatic heterocycles. The minimum atomic E-state index is -3.59. The summed E-state index contributed by atoms with van der Waals surface area (Å²) in [6.45, 7) is 1.08. The Morgan fingerprint density at radius 3 is 2.38 bits per heavy atom. The van der Waals surface area contributed by atoms with Gasteiger partial charge < -0.3 is 16.2 Å². The first-order valence-electron chi connectivity index (χ1n) is 9.21. The fourth-order valence-corrected chi connectivity index (χ4v) is 3.84. The number of aliphatic hydroxyl groups excluding tert-OH is 1. The first-order valence-corrected chi connectivity index (χ1v) is 10.7. The van der Waals surface area contributed by atoms with E-state index in [0.29, 0.717) is 30.2 Å². The lowest BCUT2D eigenvalue weighted by molar-refractivity contribution is 0.175. The Balaban J connectivity index is 1.46. The van der Waals surface area contributed by atoms with Crippen molar-refractivity contribution < 1.29 is 13.5 Å². The van der Waals surface area contributed by atoms with Gasteiger partial charge in [0.05, 0.1) is 11.0 Å². The third kappa shape index (κ3) is 6.02. The minimum Gasteiger partial charge on any atom is -0.387 e. The van der Waals surface area contributed by atoms with E-state index >= 15 is 0 Å². The van der Waals surface area contributed by atoms with Crippen molar-refractivity contribution in [3.63, 3.8) is 0 Å². The Morgan fingerprint density at radius 2 is 1.72 bits per heavy atom. The average Bonchev–Trinajstić information content (AvgIpc) is 2.73. The number of rotatable bonds is 9. The number of aromatic nitrogens is 1. The van der Waals surface area contributed by atoms with Gasteiger partial charge in [-0.3, -0.25) is 4.72 Å². The van der Waals surface area contributed by atoms with Gasteiger partial charge in [0, 0.05) is 24.0 Å². The molecule has 0 saturated heterocycles. The molecule has 5 N–H and O–H groups in total. The largest absolute Gasteiger partial charge is 0.387 e. The number of hydrogen-bond donors (Lipinski definition) is 4. The molecule has 1 unspecified atom stereocenters. The van der Waals surface area contributed by atoms with E-state index in [0.717, 1.165) is 12.0 Å². The number of sulfonamides is 1. The maximum atomic E-state index is 12.3. The number of anilines is 2. The van der Waals surface area contributed by atoms with Gasteiger partial charge >= 0.3 is 0 Å². The van der Waals surface area contributed by atoms with E-state index in [2.05, 4.69) is 15.0 Å². The van der Waals surface area contributed by atoms with Gasteiger partial charge in [0.15, 0.2) is 0 Å². The lowest BCUT2D eigenvalue weighted by atomic mass is 10.1. The first kappa shape index (κ1) is 20.8. The molecule has 0 radical (unpaired) electrons. The van der Waals surface area contributed by atoms with Gasteiger partial charge in [-0.15, -0.1) is 0 Å². The summed E-state index contributed by atoms with van der Waals surface area (Å²) in [5.41, 5.74) is 7.82. The Kier molecular flexibility index (Phi) is 6.82. The van der Waals surface area contributed by atoms with E-state index in [1.807, 2.05) is 12.1 Å². The highest BCUT2D eigenvalue weighted by Gasteiger charge is 2.13. The molecular weight excluding hydrogens is 388 g/mol. The summed E-state index contributed by atoms with van der Waals surface area (Å²) < 4.78 is 27.3. The molecular formula is C21H24N4O3S. The molecule has 3 rings (SSSR count). The van der Waals surface area contributed by atoms with Gasteiger partial charge in [-0.2, -0.15) is 0 Å². The number of pyridine rings is 1. The molecule has 3 aromatic rings. The second kappa shape index (κ2) is 9.51. The quantitative estimate of drug-likeness (QED) is 0.401. The fraction of sp³-hybridized carbons (Fsp3) is 0.190. The van der Waals surface area contributed by atoms with Gasteiger partial charge in [-0.05, 0) is 48.9 Å². The van der Waals surface area contributed by atoms with Gasteiger partial charge in [-0.1, -0.05) is 36.4 Å². The van der Waals surface area contributed by atoms with Crippen LogP contribution < -0.4 is 15.8 Å². The Morgan fingerprint density at radius 1 is 1.00 bits per heavy atom. The number of benzene rings is 2. The summed E-state index contributed by atoms with van der Waals surface area (Å²) in [7, 11) is -3.59. The smallest absolute Gasteiger partial charge is 0.261 e. The van der Waals surface area contributed by atoms with Gasteiger partial charge in [-0.25, -0.2) is 13.4 Å². The zero-order chi connectivity index (χ0) is 20.7. The van der Waals surface area contributed by atoms with E-state index < -0.39 is 16.1 Å². The minimum absolute atomic E-state index is 0.225. The number of aliphatic hydroxyl groups is 1. The predicted octanol–water partition coefficient (Wildman–Crippen LogP) is 2.33. The topological polar surface area (TPSA) is 117 Å². The van der Waals surface area contributed by atoms with Crippen LogP contribution in [0.25, 0.3) is 0 Å². The van der Waals surface area contributed by atoms with E-state index in [1.165, 1.54) is 0 Å². The summed E-state index contributed by atoms with van der Waals surface area (Å²) in [6, 6.07) is 18.9. The Bertz CT molecular complexity index is 1010. The molecule has 7 nitrogen and oxygen atoms in total. The lowest BCUT2D eigenvalue weighted by Crippen LogP contribution is -2.23. The van der Waals surface area contributed by atoms with Crippen molar-refractivity contribution in [1.82, 2.24) is 10.3 Å². The molecule has 0 saturated carbocycles. The molecule has 0 amide bonds. The third-order valence-corrected chi connectivity index (χ3v) is 5.78. The normalized spacial score (nSPS) is 12.4. The van der Waals surface area contributed by atoms with Crippen LogP contribution in [0.5, 0.6) is 0 Å². The van der Waals surface area contributed by atoms with Gasteiger partial charge in [0.1, 0.15) is 5.82 Å². The molecule has 0 bridgehead atoms. The standard InChI is InChI=1S/C21H24N4O3S/c22-21-11-8-17(14-24-21)20(26)15-23-13-12-16-6-9-18(10-7-16)25-29(27,28)19-4-2-1-3-5-19/h1-11,14,20,23,25-26H,12-13,15H2,(H2,22,24). The summed E-state index contributed by atoms with van der Waals surface area (Å²) in [5.74, 6) is 0.420. The molecule has 29 heavy (non-hydrogen) atoms. The second-order valence-electron chi connectivity index (χ2n) is 6.60. The number of nitrogens with two attached hydrogens (primary N) is 1. The van der Waals surface area contributed by atoms with Crippen LogP contribution in [0.2, 0.25) is 0 Å². The summed E-state index contributed by atoms with van der Waals surface area (Å²) in [6.07, 6.45) is 1.66. The number of nitrogen functional groups attached to an aromatic ring is 1. The van der Waals surface area contributed by atoms with Crippen LogP contribution in [0.15, 0.2) is 77.8 Å². The highest BCUT2D eigenvalue weighted by atomic mass is 32.2. The molecule has 2 aromatic carbocycles. The molecule has 0 aliphatic carbocycles. The Labute approximate surface area is 170 Å². The van der Waals surface area contributed by atoms with Crippen molar-refractivity contribution in [3.8, 4) is 0 Å². The monoisotopic (exact) mass is 412 g/mol. The maximum Gasteiger partial charge on any atom is 0.261 e. The Hall–Kier alpha value is -2.94. The molecule has 1 heterocycles. The molecule has 0 aliphatic rings. The van der Waals surface area contributed by atoms with Crippen molar-refractivity contribution in [3.05, 3.63) is 84.1 Å². The summed E-state index contributed by atoms with van der Waals surface area (Å²) in [4.78, 5) is 4.20. The second-order valence-corrected chi connectivity index (χ2v) is 8.28. The predicted molar refractivity (Wildman–Crippen MR) is 114 cm³/mol. The van der Waals surface area contributed by atoms with E-state index in [4.69, 9.17) is 5.73 Å². The van der Waals surface area contributed by atoms with Crippen molar-refractivity contribution in [2.24, 2.45) is 0 Å². The summed E-state index contributed by atoms with van der Waals surface area (Å²) in [5, 5.41) is 13.3. The fourth-order valence-electron chi connectivity index (χ4n) is 2.76. The molecule has 0 spiro atoms. The van der Waals surface area contributed by atoms with Crippen LogP contribution in [0.1, 0.15) is 17.2 Å². The number of hydrogen-bond acceptors (Lipinski definition) is 6. The number of nitrogens with one attached hydrogen (secondary N) is 2. The van der Waals surface area contributed by atoms with Crippen LogP contribution in [-0.4, -0.2) is 31.6 Å². The molecule has 0 fully saturated rings. The number of nitrogens with zero attached hydrogens (tertiary/aromatic N) is 1. The van der Waals surface area contributed by atoms with Crippen molar-refractivity contribution in [2.45, 2.75) is 17.4 Å². The SMILES string of the molecule is Nc1ccc(C(O)CNCCc2ccc(NS(=O)(=O)c3ccccc3)cc2)cn1. The van der Waals surface area contributed by atoms with Crippen molar-refractivity contribution >= 4 is 21.5 Å². The van der Waals surface area contributed by atoms with Crippen LogP contribution in [0.4, 0.5) is 11.5 Å². The van der Waals surface area contributed by atoms with Crippen molar-refractivity contribution in [2.75, 3.05) is 23.5 Å². The van der Waals surface area contributed by atoms with Crippen molar-refractivity contribution in [1.29, 1.82) is 0 Å². The zero-order valence-corrected chi connectivity index (χ0v) is 16.6. The highest BCUT2D eigenvalue weighted by Crippen LogP contribution is 2.17. The lowest BCUT2D eigenvalue weighted by Gasteiger charge is -2.12. The van der Waals surface area contributed by atoms with Crippen LogP contribution in [0.3, 0.4) is 0 Å². The van der Waals surface area contributed by atoms with Crippen LogP contribution in [0, 0.1) is 0 Å². The van der Waals surface area contributed by atoms with Gasteiger partial charge in [0.2, 0.25) is 0 Å². The third-order valence-electron chi connectivity index (χ3n) is 4.38. The first-order chi connectivity index (χ1) is 13.9. The van der Waals surface area contributed by atoms with E-state index in [9.17, 15) is 13.5 Å². The molecule has 1 atom stereocenters. The van der Waals surface area contributed by atoms with Gasteiger partial charge in [0.25, 0.3) is 10.0 Å².